The fourth-order valence-electron chi connectivity index (χ4n) is 2.29. The first kappa shape index (κ1) is 21.0. The molecule has 0 radical (unpaired) electrons. The lowest BCUT2D eigenvalue weighted by Crippen LogP contribution is -2.37. The quantitative estimate of drug-likeness (QED) is 0.508. The van der Waals surface area contributed by atoms with Gasteiger partial charge in [-0.05, 0) is 23.6 Å². The van der Waals surface area contributed by atoms with Crippen LogP contribution in [0.1, 0.15) is 39.2 Å². The monoisotopic (exact) mass is 389 g/mol. The molecule has 0 spiro atoms. The van der Waals surface area contributed by atoms with Gasteiger partial charge in [-0.1, -0.05) is 51.6 Å². The first-order valence-electron chi connectivity index (χ1n) is 9.06. The van der Waals surface area contributed by atoms with Gasteiger partial charge in [0.05, 0.1) is 5.75 Å². The average Bonchev–Trinajstić information content (AvgIpc) is 3.11. The standard InChI is InChI=1S/C19H27N5O2S/c1-13(2)15-5-7-16(8-6-15)24-12-22-23-19(24)27-11-17(25)20-9-10-21-18(26)14(3)4/h5-8,12-14H,9-11H2,1-4H3,(H,20,25)(H,21,26). The van der Waals surface area contributed by atoms with Crippen LogP contribution in [0, 0.1) is 5.92 Å². The predicted octanol–water partition coefficient (Wildman–Crippen LogP) is 2.37. The van der Waals surface area contributed by atoms with Crippen molar-refractivity contribution in [3.63, 3.8) is 0 Å². The van der Waals surface area contributed by atoms with Gasteiger partial charge in [-0.15, -0.1) is 10.2 Å². The number of thioether (sulfide) groups is 1. The Morgan fingerprint density at radius 1 is 1.07 bits per heavy atom. The third-order valence-corrected chi connectivity index (χ3v) is 4.90. The van der Waals surface area contributed by atoms with Gasteiger partial charge in [-0.25, -0.2) is 0 Å². The van der Waals surface area contributed by atoms with Gasteiger partial charge in [-0.3, -0.25) is 14.2 Å². The maximum Gasteiger partial charge on any atom is 0.230 e. The summed E-state index contributed by atoms with van der Waals surface area (Å²) in [6.07, 6.45) is 1.64. The molecule has 27 heavy (non-hydrogen) atoms. The predicted molar refractivity (Wildman–Crippen MR) is 107 cm³/mol. The van der Waals surface area contributed by atoms with Gasteiger partial charge in [0.2, 0.25) is 11.8 Å². The molecule has 0 fully saturated rings. The van der Waals surface area contributed by atoms with Crippen LogP contribution in [0.25, 0.3) is 5.69 Å². The van der Waals surface area contributed by atoms with Crippen molar-refractivity contribution in [3.8, 4) is 5.69 Å². The van der Waals surface area contributed by atoms with Crippen LogP contribution < -0.4 is 10.6 Å². The van der Waals surface area contributed by atoms with E-state index in [4.69, 9.17) is 0 Å². The summed E-state index contributed by atoms with van der Waals surface area (Å²) < 4.78 is 1.87. The summed E-state index contributed by atoms with van der Waals surface area (Å²) in [5, 5.41) is 14.3. The first-order chi connectivity index (χ1) is 12.9. The minimum absolute atomic E-state index is 0.0183. The molecule has 2 amide bonds. The zero-order chi connectivity index (χ0) is 19.8. The highest BCUT2D eigenvalue weighted by Crippen LogP contribution is 2.21. The molecule has 146 valence electrons. The van der Waals surface area contributed by atoms with E-state index in [0.717, 1.165) is 5.69 Å². The fraction of sp³-hybridized carbons (Fsp3) is 0.474. The lowest BCUT2D eigenvalue weighted by Gasteiger charge is -2.10. The van der Waals surface area contributed by atoms with E-state index in [2.05, 4.69) is 46.8 Å². The number of carbonyl (C=O) groups is 2. The SMILES string of the molecule is CC(C)C(=O)NCCNC(=O)CSc1nncn1-c1ccc(C(C)C)cc1. The molecular formula is C19H27N5O2S. The molecule has 2 N–H and O–H groups in total. The highest BCUT2D eigenvalue weighted by atomic mass is 32.2. The number of nitrogens with one attached hydrogen (secondary N) is 2. The molecule has 0 aliphatic rings. The average molecular weight is 390 g/mol. The van der Waals surface area contributed by atoms with Crippen LogP contribution in [-0.4, -0.2) is 45.4 Å². The molecule has 0 saturated carbocycles. The summed E-state index contributed by atoms with van der Waals surface area (Å²) in [6, 6.07) is 8.24. The van der Waals surface area contributed by atoms with Gasteiger partial charge in [0.25, 0.3) is 0 Å². The van der Waals surface area contributed by atoms with Gasteiger partial charge in [0.1, 0.15) is 6.33 Å². The highest BCUT2D eigenvalue weighted by Gasteiger charge is 2.11. The molecule has 0 saturated heterocycles. The van der Waals surface area contributed by atoms with E-state index in [1.54, 1.807) is 6.33 Å². The normalized spacial score (nSPS) is 11.0. The zero-order valence-corrected chi connectivity index (χ0v) is 17.0. The summed E-state index contributed by atoms with van der Waals surface area (Å²) in [6.45, 7) is 8.80. The van der Waals surface area contributed by atoms with Crippen LogP contribution in [0.15, 0.2) is 35.7 Å². The maximum atomic E-state index is 12.0. The van der Waals surface area contributed by atoms with Crippen LogP contribution in [0.3, 0.4) is 0 Å². The van der Waals surface area contributed by atoms with E-state index >= 15 is 0 Å². The maximum absolute atomic E-state index is 12.0. The number of hydrogen-bond donors (Lipinski definition) is 2. The Morgan fingerprint density at radius 3 is 2.37 bits per heavy atom. The van der Waals surface area contributed by atoms with E-state index in [1.807, 2.05) is 30.5 Å². The molecule has 1 aromatic carbocycles. The molecular weight excluding hydrogens is 362 g/mol. The number of carbonyl (C=O) groups excluding carboxylic acids is 2. The Bertz CT molecular complexity index is 756. The largest absolute Gasteiger partial charge is 0.354 e. The minimum Gasteiger partial charge on any atom is -0.354 e. The second-order valence-electron chi connectivity index (χ2n) is 6.81. The van der Waals surface area contributed by atoms with Crippen LogP contribution in [-0.2, 0) is 9.59 Å². The Hall–Kier alpha value is -2.35. The van der Waals surface area contributed by atoms with E-state index < -0.39 is 0 Å². The Morgan fingerprint density at radius 2 is 1.74 bits per heavy atom. The highest BCUT2D eigenvalue weighted by molar-refractivity contribution is 7.99. The number of benzene rings is 1. The second kappa shape index (κ2) is 10.1. The summed E-state index contributed by atoms with van der Waals surface area (Å²) >= 11 is 1.33. The van der Waals surface area contributed by atoms with E-state index in [0.29, 0.717) is 24.2 Å². The molecule has 0 atom stereocenters. The third-order valence-electron chi connectivity index (χ3n) is 3.96. The molecule has 0 aliphatic heterocycles. The van der Waals surface area contributed by atoms with Crippen LogP contribution >= 0.6 is 11.8 Å². The minimum atomic E-state index is -0.108. The molecule has 0 aliphatic carbocycles. The number of amides is 2. The third kappa shape index (κ3) is 6.39. The van der Waals surface area contributed by atoms with E-state index in [9.17, 15) is 9.59 Å². The molecule has 8 heteroatoms. The van der Waals surface area contributed by atoms with Crippen molar-refractivity contribution in [3.05, 3.63) is 36.2 Å². The van der Waals surface area contributed by atoms with Gasteiger partial charge < -0.3 is 10.6 Å². The molecule has 2 rings (SSSR count). The van der Waals surface area contributed by atoms with Crippen molar-refractivity contribution in [2.75, 3.05) is 18.8 Å². The van der Waals surface area contributed by atoms with E-state index in [1.165, 1.54) is 17.3 Å². The van der Waals surface area contributed by atoms with Crippen molar-refractivity contribution < 1.29 is 9.59 Å². The van der Waals surface area contributed by atoms with Crippen LogP contribution in [0.2, 0.25) is 0 Å². The summed E-state index contributed by atoms with van der Waals surface area (Å²) in [5.74, 6) is 0.528. The molecule has 1 heterocycles. The lowest BCUT2D eigenvalue weighted by atomic mass is 10.0. The zero-order valence-electron chi connectivity index (χ0n) is 16.2. The summed E-state index contributed by atoms with van der Waals surface area (Å²) in [5.41, 5.74) is 2.23. The van der Waals surface area contributed by atoms with E-state index in [-0.39, 0.29) is 23.5 Å². The van der Waals surface area contributed by atoms with Crippen LogP contribution in [0.4, 0.5) is 0 Å². The number of nitrogens with zero attached hydrogens (tertiary/aromatic N) is 3. The number of aromatic nitrogens is 3. The Labute approximate surface area is 164 Å². The number of hydrogen-bond acceptors (Lipinski definition) is 5. The number of rotatable bonds is 9. The van der Waals surface area contributed by atoms with Crippen LogP contribution in [0.5, 0.6) is 0 Å². The van der Waals surface area contributed by atoms with Crippen molar-refractivity contribution in [1.82, 2.24) is 25.4 Å². The van der Waals surface area contributed by atoms with Crippen molar-refractivity contribution in [2.24, 2.45) is 5.92 Å². The topological polar surface area (TPSA) is 88.9 Å². The summed E-state index contributed by atoms with van der Waals surface area (Å²) in [7, 11) is 0. The van der Waals surface area contributed by atoms with Gasteiger partial charge in [0.15, 0.2) is 5.16 Å². The molecule has 1 aromatic heterocycles. The Balaban J connectivity index is 1.82. The molecule has 7 nitrogen and oxygen atoms in total. The van der Waals surface area contributed by atoms with Gasteiger partial charge in [0, 0.05) is 24.7 Å². The lowest BCUT2D eigenvalue weighted by molar-refractivity contribution is -0.124. The second-order valence-corrected chi connectivity index (χ2v) is 7.76. The fourth-order valence-corrected chi connectivity index (χ4v) is 3.05. The summed E-state index contributed by atoms with van der Waals surface area (Å²) in [4.78, 5) is 23.4. The molecule has 0 unspecified atom stereocenters. The van der Waals surface area contributed by atoms with Crippen molar-refractivity contribution in [1.29, 1.82) is 0 Å². The first-order valence-corrected chi connectivity index (χ1v) is 10.0. The smallest absolute Gasteiger partial charge is 0.230 e. The molecule has 2 aromatic rings. The van der Waals surface area contributed by atoms with Crippen molar-refractivity contribution >= 4 is 23.6 Å². The van der Waals surface area contributed by atoms with Gasteiger partial charge in [-0.2, -0.15) is 0 Å². The van der Waals surface area contributed by atoms with Crippen molar-refractivity contribution in [2.45, 2.75) is 38.8 Å². The molecule has 0 bridgehead atoms. The van der Waals surface area contributed by atoms with Gasteiger partial charge >= 0.3 is 0 Å². The Kier molecular flexibility index (Phi) is 7.84.